The van der Waals surface area contributed by atoms with Gasteiger partial charge in [-0.3, -0.25) is 9.69 Å². The summed E-state index contributed by atoms with van der Waals surface area (Å²) in [5, 5.41) is 9.00. The van der Waals surface area contributed by atoms with Gasteiger partial charge in [-0.2, -0.15) is 0 Å². The Hall–Kier alpha value is -0.610. The molecule has 0 aromatic heterocycles. The van der Waals surface area contributed by atoms with Crippen molar-refractivity contribution in [1.29, 1.82) is 0 Å². The predicted molar refractivity (Wildman–Crippen MR) is 80.6 cm³/mol. The molecule has 4 heteroatoms. The molecule has 20 heavy (non-hydrogen) atoms. The van der Waals surface area contributed by atoms with Gasteiger partial charge >= 0.3 is 0 Å². The molecule has 2 saturated heterocycles. The molecule has 0 aromatic rings. The number of likely N-dealkylation sites (tertiary alicyclic amines) is 2. The summed E-state index contributed by atoms with van der Waals surface area (Å²) in [6.07, 6.45) is 9.09. The van der Waals surface area contributed by atoms with Gasteiger partial charge in [0, 0.05) is 25.7 Å². The SMILES string of the molecule is CC(C(=O)N1CCCCCC1)N1CCCC1CCCO. The average molecular weight is 282 g/mol. The molecule has 0 radical (unpaired) electrons. The first-order chi connectivity index (χ1) is 9.74. The highest BCUT2D eigenvalue weighted by atomic mass is 16.3. The molecule has 2 fully saturated rings. The van der Waals surface area contributed by atoms with Crippen LogP contribution in [0, 0.1) is 0 Å². The lowest BCUT2D eigenvalue weighted by Gasteiger charge is -2.33. The van der Waals surface area contributed by atoms with E-state index < -0.39 is 0 Å². The normalized spacial score (nSPS) is 26.5. The minimum Gasteiger partial charge on any atom is -0.396 e. The van der Waals surface area contributed by atoms with E-state index in [9.17, 15) is 4.79 Å². The number of carbonyl (C=O) groups excluding carboxylic acids is 1. The Bertz CT molecular complexity index is 301. The summed E-state index contributed by atoms with van der Waals surface area (Å²) in [4.78, 5) is 17.2. The second-order valence-electron chi connectivity index (χ2n) is 6.32. The molecule has 4 nitrogen and oxygen atoms in total. The van der Waals surface area contributed by atoms with Crippen molar-refractivity contribution in [3.05, 3.63) is 0 Å². The van der Waals surface area contributed by atoms with Crippen LogP contribution in [0.2, 0.25) is 0 Å². The Kier molecular flexibility index (Phi) is 6.30. The summed E-state index contributed by atoms with van der Waals surface area (Å²) in [6.45, 7) is 5.26. The summed E-state index contributed by atoms with van der Waals surface area (Å²) in [5.74, 6) is 0.322. The van der Waals surface area contributed by atoms with Gasteiger partial charge in [0.15, 0.2) is 0 Å². The van der Waals surface area contributed by atoms with E-state index in [0.29, 0.717) is 11.9 Å². The maximum absolute atomic E-state index is 12.7. The Morgan fingerprint density at radius 3 is 2.50 bits per heavy atom. The molecule has 0 aliphatic carbocycles. The van der Waals surface area contributed by atoms with Crippen molar-refractivity contribution in [1.82, 2.24) is 9.80 Å². The van der Waals surface area contributed by atoms with Gasteiger partial charge in [-0.05, 0) is 52.0 Å². The summed E-state index contributed by atoms with van der Waals surface area (Å²) < 4.78 is 0. The zero-order chi connectivity index (χ0) is 14.4. The van der Waals surface area contributed by atoms with E-state index in [1.54, 1.807) is 0 Å². The predicted octanol–water partition coefficient (Wildman–Crippen LogP) is 2.01. The van der Waals surface area contributed by atoms with E-state index in [2.05, 4.69) is 16.7 Å². The maximum Gasteiger partial charge on any atom is 0.239 e. The molecule has 2 aliphatic heterocycles. The van der Waals surface area contributed by atoms with Gasteiger partial charge in [0.2, 0.25) is 5.91 Å². The average Bonchev–Trinajstić information content (AvgIpc) is 2.76. The lowest BCUT2D eigenvalue weighted by molar-refractivity contribution is -0.136. The fourth-order valence-electron chi connectivity index (χ4n) is 3.70. The van der Waals surface area contributed by atoms with Gasteiger partial charge in [-0.15, -0.1) is 0 Å². The molecule has 1 amide bonds. The van der Waals surface area contributed by atoms with Crippen LogP contribution in [-0.4, -0.2) is 59.1 Å². The van der Waals surface area contributed by atoms with Gasteiger partial charge in [0.05, 0.1) is 6.04 Å². The molecular formula is C16H30N2O2. The quantitative estimate of drug-likeness (QED) is 0.839. The van der Waals surface area contributed by atoms with E-state index in [-0.39, 0.29) is 12.6 Å². The summed E-state index contributed by atoms with van der Waals surface area (Å²) in [5.41, 5.74) is 0. The fraction of sp³-hybridized carbons (Fsp3) is 0.938. The summed E-state index contributed by atoms with van der Waals surface area (Å²) in [6, 6.07) is 0.507. The third-order valence-electron chi connectivity index (χ3n) is 4.89. The Balaban J connectivity index is 1.90. The third-order valence-corrected chi connectivity index (χ3v) is 4.89. The number of aliphatic hydroxyl groups excluding tert-OH is 1. The van der Waals surface area contributed by atoms with Crippen LogP contribution in [0.5, 0.6) is 0 Å². The highest BCUT2D eigenvalue weighted by molar-refractivity contribution is 5.81. The molecule has 2 unspecified atom stereocenters. The van der Waals surface area contributed by atoms with Crippen molar-refractivity contribution in [3.63, 3.8) is 0 Å². The monoisotopic (exact) mass is 282 g/mol. The molecule has 2 aliphatic rings. The smallest absolute Gasteiger partial charge is 0.239 e. The largest absolute Gasteiger partial charge is 0.396 e. The van der Waals surface area contributed by atoms with E-state index in [1.807, 2.05) is 0 Å². The highest BCUT2D eigenvalue weighted by Gasteiger charge is 2.33. The van der Waals surface area contributed by atoms with Crippen LogP contribution in [0.15, 0.2) is 0 Å². The van der Waals surface area contributed by atoms with Crippen LogP contribution in [0.3, 0.4) is 0 Å². The number of hydrogen-bond acceptors (Lipinski definition) is 3. The van der Waals surface area contributed by atoms with Crippen LogP contribution >= 0.6 is 0 Å². The van der Waals surface area contributed by atoms with Crippen LogP contribution < -0.4 is 0 Å². The molecule has 0 bridgehead atoms. The number of hydrogen-bond donors (Lipinski definition) is 1. The van der Waals surface area contributed by atoms with Gasteiger partial charge in [-0.25, -0.2) is 0 Å². The minimum atomic E-state index is 0.0132. The van der Waals surface area contributed by atoms with Crippen molar-refractivity contribution >= 4 is 5.91 Å². The van der Waals surface area contributed by atoms with E-state index in [0.717, 1.165) is 45.3 Å². The molecule has 0 spiro atoms. The number of rotatable bonds is 5. The van der Waals surface area contributed by atoms with E-state index in [4.69, 9.17) is 5.11 Å². The van der Waals surface area contributed by atoms with E-state index in [1.165, 1.54) is 25.7 Å². The van der Waals surface area contributed by atoms with Crippen molar-refractivity contribution in [2.75, 3.05) is 26.2 Å². The maximum atomic E-state index is 12.7. The van der Waals surface area contributed by atoms with Crippen molar-refractivity contribution < 1.29 is 9.90 Å². The highest BCUT2D eigenvalue weighted by Crippen LogP contribution is 2.25. The van der Waals surface area contributed by atoms with E-state index >= 15 is 0 Å². The number of aliphatic hydroxyl groups is 1. The zero-order valence-electron chi connectivity index (χ0n) is 12.9. The van der Waals surface area contributed by atoms with Gasteiger partial charge in [-0.1, -0.05) is 12.8 Å². The molecule has 0 saturated carbocycles. The standard InChI is InChI=1S/C16H30N2O2/c1-14(16(20)17-10-4-2-3-5-11-17)18-12-6-8-15(18)9-7-13-19/h14-15,19H,2-13H2,1H3. The second-order valence-corrected chi connectivity index (χ2v) is 6.32. The van der Waals surface area contributed by atoms with Crippen LogP contribution in [-0.2, 0) is 4.79 Å². The second kappa shape index (κ2) is 7.99. The Morgan fingerprint density at radius 2 is 1.85 bits per heavy atom. The summed E-state index contributed by atoms with van der Waals surface area (Å²) in [7, 11) is 0. The van der Waals surface area contributed by atoms with Crippen molar-refractivity contribution in [2.24, 2.45) is 0 Å². The zero-order valence-corrected chi connectivity index (χ0v) is 12.9. The number of amides is 1. The Labute approximate surface area is 123 Å². The number of nitrogens with zero attached hydrogens (tertiary/aromatic N) is 2. The third kappa shape index (κ3) is 3.95. The first-order valence-electron chi connectivity index (χ1n) is 8.39. The van der Waals surface area contributed by atoms with Gasteiger partial charge in [0.25, 0.3) is 0 Å². The van der Waals surface area contributed by atoms with Crippen molar-refractivity contribution in [3.8, 4) is 0 Å². The fourth-order valence-corrected chi connectivity index (χ4v) is 3.70. The van der Waals surface area contributed by atoms with Crippen molar-refractivity contribution in [2.45, 2.75) is 70.4 Å². The lowest BCUT2D eigenvalue weighted by atomic mass is 10.1. The van der Waals surface area contributed by atoms with Gasteiger partial charge in [0.1, 0.15) is 0 Å². The number of carbonyl (C=O) groups is 1. The first kappa shape index (κ1) is 15.8. The molecule has 0 aromatic carbocycles. The molecule has 2 atom stereocenters. The van der Waals surface area contributed by atoms with Gasteiger partial charge < -0.3 is 10.0 Å². The topological polar surface area (TPSA) is 43.8 Å². The minimum absolute atomic E-state index is 0.0132. The van der Waals surface area contributed by atoms with Crippen LogP contribution in [0.1, 0.15) is 58.3 Å². The first-order valence-corrected chi connectivity index (χ1v) is 8.39. The molecule has 2 rings (SSSR count). The lowest BCUT2D eigenvalue weighted by Crippen LogP contribution is -2.49. The Morgan fingerprint density at radius 1 is 1.15 bits per heavy atom. The molecule has 1 N–H and O–H groups in total. The molecule has 116 valence electrons. The molecular weight excluding hydrogens is 252 g/mol. The van der Waals surface area contributed by atoms with Crippen LogP contribution in [0.4, 0.5) is 0 Å². The molecule has 2 heterocycles. The summed E-state index contributed by atoms with van der Waals surface area (Å²) >= 11 is 0. The van der Waals surface area contributed by atoms with Crippen LogP contribution in [0.25, 0.3) is 0 Å².